The Morgan fingerprint density at radius 1 is 1.17 bits per heavy atom. The van der Waals surface area contributed by atoms with Crippen molar-refractivity contribution in [2.24, 2.45) is 0 Å². The lowest BCUT2D eigenvalue weighted by Crippen LogP contribution is -2.01. The van der Waals surface area contributed by atoms with Crippen LogP contribution < -0.4 is 0 Å². The quantitative estimate of drug-likeness (QED) is 0.627. The molecule has 2 heterocycles. The summed E-state index contributed by atoms with van der Waals surface area (Å²) in [4.78, 5) is 15.6. The van der Waals surface area contributed by atoms with Gasteiger partial charge in [0.2, 0.25) is 0 Å². The molecule has 0 radical (unpaired) electrons. The molecule has 60 valence electrons. The average molecular weight is 161 g/mol. The zero-order chi connectivity index (χ0) is 8.23. The molecule has 2 aromatic rings. The van der Waals surface area contributed by atoms with E-state index in [0.29, 0.717) is 6.54 Å². The van der Waals surface area contributed by atoms with Crippen LogP contribution in [0.1, 0.15) is 5.82 Å². The Hall–Kier alpha value is -1.78. The third-order valence-electron chi connectivity index (χ3n) is 1.43. The lowest BCUT2D eigenvalue weighted by Gasteiger charge is -1.97. The van der Waals surface area contributed by atoms with E-state index >= 15 is 0 Å². The van der Waals surface area contributed by atoms with E-state index in [2.05, 4.69) is 19.9 Å². The highest BCUT2D eigenvalue weighted by Gasteiger charge is 1.94. The van der Waals surface area contributed by atoms with Crippen molar-refractivity contribution in [3.05, 3.63) is 37.2 Å². The SMILES string of the molecule is c1cn(Cc2ncncn2)cn1. The minimum Gasteiger partial charge on any atom is -0.330 e. The predicted octanol–water partition coefficient (Wildman–Crippen LogP) is 0.116. The van der Waals surface area contributed by atoms with E-state index in [0.717, 1.165) is 5.82 Å². The van der Waals surface area contributed by atoms with Gasteiger partial charge in [0.15, 0.2) is 5.82 Å². The Balaban J connectivity index is 2.15. The van der Waals surface area contributed by atoms with Crippen LogP contribution in [0.4, 0.5) is 0 Å². The van der Waals surface area contributed by atoms with Gasteiger partial charge in [-0.25, -0.2) is 19.9 Å². The van der Waals surface area contributed by atoms with Crippen LogP contribution in [0.5, 0.6) is 0 Å². The molecule has 5 nitrogen and oxygen atoms in total. The third-order valence-corrected chi connectivity index (χ3v) is 1.43. The topological polar surface area (TPSA) is 56.5 Å². The van der Waals surface area contributed by atoms with Crippen LogP contribution in [0.2, 0.25) is 0 Å². The summed E-state index contributed by atoms with van der Waals surface area (Å²) in [6, 6.07) is 0. The molecule has 0 amide bonds. The monoisotopic (exact) mass is 161 g/mol. The smallest absolute Gasteiger partial charge is 0.151 e. The first-order chi connectivity index (χ1) is 5.95. The van der Waals surface area contributed by atoms with E-state index in [-0.39, 0.29) is 0 Å². The van der Waals surface area contributed by atoms with Crippen LogP contribution >= 0.6 is 0 Å². The number of nitrogens with zero attached hydrogens (tertiary/aromatic N) is 5. The maximum absolute atomic E-state index is 3.98. The van der Waals surface area contributed by atoms with E-state index in [1.165, 1.54) is 12.7 Å². The molecular weight excluding hydrogens is 154 g/mol. The Labute approximate surface area is 69.2 Å². The van der Waals surface area contributed by atoms with E-state index in [4.69, 9.17) is 0 Å². The van der Waals surface area contributed by atoms with Crippen LogP contribution in [0.15, 0.2) is 31.4 Å². The first-order valence-corrected chi connectivity index (χ1v) is 3.52. The van der Waals surface area contributed by atoms with Gasteiger partial charge in [-0.3, -0.25) is 0 Å². The van der Waals surface area contributed by atoms with Crippen molar-refractivity contribution in [1.82, 2.24) is 24.5 Å². The van der Waals surface area contributed by atoms with Crippen LogP contribution in [0.3, 0.4) is 0 Å². The molecule has 12 heavy (non-hydrogen) atoms. The summed E-state index contributed by atoms with van der Waals surface area (Å²) in [6.45, 7) is 0.641. The van der Waals surface area contributed by atoms with Crippen molar-refractivity contribution in [1.29, 1.82) is 0 Å². The second-order valence-electron chi connectivity index (χ2n) is 2.29. The van der Waals surface area contributed by atoms with Crippen molar-refractivity contribution in [2.45, 2.75) is 6.54 Å². The normalized spacial score (nSPS) is 10.0. The largest absolute Gasteiger partial charge is 0.330 e. The summed E-state index contributed by atoms with van der Waals surface area (Å²) >= 11 is 0. The minimum absolute atomic E-state index is 0.641. The van der Waals surface area contributed by atoms with Gasteiger partial charge in [-0.2, -0.15) is 0 Å². The Morgan fingerprint density at radius 2 is 2.00 bits per heavy atom. The molecule has 0 N–H and O–H groups in total. The highest BCUT2D eigenvalue weighted by Crippen LogP contribution is 1.91. The fraction of sp³-hybridized carbons (Fsp3) is 0.143. The molecule has 0 aliphatic carbocycles. The van der Waals surface area contributed by atoms with Crippen molar-refractivity contribution in [3.63, 3.8) is 0 Å². The van der Waals surface area contributed by atoms with Gasteiger partial charge in [0.1, 0.15) is 12.7 Å². The summed E-state index contributed by atoms with van der Waals surface area (Å²) in [5.74, 6) is 0.739. The maximum Gasteiger partial charge on any atom is 0.151 e. The molecule has 0 aromatic carbocycles. The minimum atomic E-state index is 0.641. The predicted molar refractivity (Wildman–Crippen MR) is 41.2 cm³/mol. The lowest BCUT2D eigenvalue weighted by molar-refractivity contribution is 0.733. The molecule has 0 unspecified atom stereocenters. The van der Waals surface area contributed by atoms with Gasteiger partial charge in [-0.1, -0.05) is 0 Å². The number of hydrogen-bond donors (Lipinski definition) is 0. The van der Waals surface area contributed by atoms with Gasteiger partial charge in [0, 0.05) is 12.4 Å². The number of aromatic nitrogens is 5. The molecule has 0 saturated heterocycles. The van der Waals surface area contributed by atoms with Crippen molar-refractivity contribution >= 4 is 0 Å². The second-order valence-corrected chi connectivity index (χ2v) is 2.29. The van der Waals surface area contributed by atoms with Gasteiger partial charge in [-0.15, -0.1) is 0 Å². The molecule has 2 aromatic heterocycles. The van der Waals surface area contributed by atoms with Crippen LogP contribution in [-0.4, -0.2) is 24.5 Å². The van der Waals surface area contributed by atoms with Crippen molar-refractivity contribution in [3.8, 4) is 0 Å². The fourth-order valence-electron chi connectivity index (χ4n) is 0.888. The summed E-state index contributed by atoms with van der Waals surface area (Å²) in [6.07, 6.45) is 8.29. The zero-order valence-corrected chi connectivity index (χ0v) is 6.33. The van der Waals surface area contributed by atoms with Gasteiger partial charge >= 0.3 is 0 Å². The second kappa shape index (κ2) is 3.08. The lowest BCUT2D eigenvalue weighted by atomic mass is 10.6. The standard InChI is InChI=1S/C7H7N5/c1-2-12(6-8-1)3-7-10-4-9-5-11-7/h1-2,4-6H,3H2. The molecule has 2 rings (SSSR count). The molecule has 5 heteroatoms. The number of hydrogen-bond acceptors (Lipinski definition) is 4. The molecular formula is C7H7N5. The van der Waals surface area contributed by atoms with E-state index < -0.39 is 0 Å². The Bertz CT molecular complexity index is 328. The molecule has 0 aliphatic rings. The Morgan fingerprint density at radius 3 is 2.67 bits per heavy atom. The highest BCUT2D eigenvalue weighted by atomic mass is 15.1. The van der Waals surface area contributed by atoms with Gasteiger partial charge in [-0.05, 0) is 0 Å². The maximum atomic E-state index is 3.98. The molecule has 0 atom stereocenters. The Kier molecular flexibility index (Phi) is 1.77. The average Bonchev–Trinajstić information content (AvgIpc) is 2.59. The summed E-state index contributed by atoms with van der Waals surface area (Å²) < 4.78 is 1.90. The number of imidazole rings is 1. The van der Waals surface area contributed by atoms with Crippen LogP contribution in [0, 0.1) is 0 Å². The third kappa shape index (κ3) is 1.45. The molecule has 0 bridgehead atoms. The van der Waals surface area contributed by atoms with Crippen molar-refractivity contribution in [2.75, 3.05) is 0 Å². The van der Waals surface area contributed by atoms with Gasteiger partial charge in [0.05, 0.1) is 12.9 Å². The van der Waals surface area contributed by atoms with E-state index in [1.807, 2.05) is 10.8 Å². The summed E-state index contributed by atoms with van der Waals surface area (Å²) in [5.41, 5.74) is 0. The molecule has 0 aliphatic heterocycles. The first-order valence-electron chi connectivity index (χ1n) is 3.52. The first kappa shape index (κ1) is 6.90. The molecule has 0 spiro atoms. The van der Waals surface area contributed by atoms with Crippen LogP contribution in [-0.2, 0) is 6.54 Å². The van der Waals surface area contributed by atoms with Gasteiger partial charge < -0.3 is 4.57 Å². The zero-order valence-electron chi connectivity index (χ0n) is 6.33. The highest BCUT2D eigenvalue weighted by molar-refractivity contribution is 4.86. The van der Waals surface area contributed by atoms with Gasteiger partial charge in [0.25, 0.3) is 0 Å². The fourth-order valence-corrected chi connectivity index (χ4v) is 0.888. The van der Waals surface area contributed by atoms with E-state index in [9.17, 15) is 0 Å². The van der Waals surface area contributed by atoms with E-state index in [1.54, 1.807) is 12.5 Å². The number of rotatable bonds is 2. The van der Waals surface area contributed by atoms with Crippen molar-refractivity contribution < 1.29 is 0 Å². The molecule has 0 fully saturated rings. The summed E-state index contributed by atoms with van der Waals surface area (Å²) in [7, 11) is 0. The van der Waals surface area contributed by atoms with Crippen LogP contribution in [0.25, 0.3) is 0 Å². The summed E-state index contributed by atoms with van der Waals surface area (Å²) in [5, 5.41) is 0. The molecule has 0 saturated carbocycles.